The number of halogens is 1. The van der Waals surface area contributed by atoms with Gasteiger partial charge >= 0.3 is 5.97 Å². The first-order valence-electron chi connectivity index (χ1n) is 7.84. The van der Waals surface area contributed by atoms with E-state index in [-0.39, 0.29) is 12.0 Å². The number of esters is 1. The molecule has 0 aliphatic carbocycles. The van der Waals surface area contributed by atoms with Crippen molar-refractivity contribution in [2.24, 2.45) is 7.05 Å². The zero-order valence-electron chi connectivity index (χ0n) is 14.3. The lowest BCUT2D eigenvalue weighted by Gasteiger charge is -2.14. The number of nitrogens with two attached hydrogens (primary N) is 1. The molecule has 0 amide bonds. The summed E-state index contributed by atoms with van der Waals surface area (Å²) in [7, 11) is 1.70. The predicted molar refractivity (Wildman–Crippen MR) is 91.1 cm³/mol. The topological polar surface area (TPSA) is 109 Å². The molecular formula is C17H17FN6O2. The summed E-state index contributed by atoms with van der Waals surface area (Å²) >= 11 is 0. The highest BCUT2D eigenvalue weighted by Gasteiger charge is 2.20. The second-order valence-corrected chi connectivity index (χ2v) is 5.66. The highest BCUT2D eigenvalue weighted by molar-refractivity contribution is 5.75. The number of carbonyl (C=O) groups excluding carboxylic acids is 1. The molecule has 0 fully saturated rings. The summed E-state index contributed by atoms with van der Waals surface area (Å²) in [6.07, 6.45) is 5.03. The van der Waals surface area contributed by atoms with Crippen molar-refractivity contribution in [3.63, 3.8) is 0 Å². The molecule has 0 spiro atoms. The number of carbonyl (C=O) groups is 1. The molecule has 3 rings (SSSR count). The van der Waals surface area contributed by atoms with Crippen molar-refractivity contribution < 1.29 is 13.9 Å². The average Bonchev–Trinajstić information content (AvgIpc) is 2.96. The van der Waals surface area contributed by atoms with Crippen molar-refractivity contribution in [3.8, 4) is 11.4 Å². The highest BCUT2D eigenvalue weighted by Crippen LogP contribution is 2.23. The van der Waals surface area contributed by atoms with Gasteiger partial charge in [-0.2, -0.15) is 9.49 Å². The van der Waals surface area contributed by atoms with Crippen molar-refractivity contribution in [1.29, 1.82) is 0 Å². The van der Waals surface area contributed by atoms with Gasteiger partial charge in [0.2, 0.25) is 5.95 Å². The third-order valence-electron chi connectivity index (χ3n) is 3.82. The Labute approximate surface area is 148 Å². The van der Waals surface area contributed by atoms with E-state index in [9.17, 15) is 9.18 Å². The van der Waals surface area contributed by atoms with Gasteiger partial charge in [-0.3, -0.25) is 9.48 Å². The monoisotopic (exact) mass is 356 g/mol. The Kier molecular flexibility index (Phi) is 4.87. The maximum Gasteiger partial charge on any atom is 0.312 e. The van der Waals surface area contributed by atoms with Gasteiger partial charge in [-0.25, -0.2) is 15.0 Å². The molecule has 0 saturated heterocycles. The van der Waals surface area contributed by atoms with Gasteiger partial charge in [0, 0.05) is 18.8 Å². The molecular weight excluding hydrogens is 339 g/mol. The van der Waals surface area contributed by atoms with Crippen molar-refractivity contribution in [3.05, 3.63) is 54.1 Å². The summed E-state index contributed by atoms with van der Waals surface area (Å²) in [6, 6.07) is 3.11. The number of pyridine rings is 1. The van der Waals surface area contributed by atoms with E-state index < -0.39 is 18.0 Å². The molecule has 134 valence electrons. The number of aryl methyl sites for hydroxylation is 1. The molecule has 8 nitrogen and oxygen atoms in total. The van der Waals surface area contributed by atoms with Crippen LogP contribution >= 0.6 is 0 Å². The normalized spacial score (nSPS) is 12.0. The predicted octanol–water partition coefficient (Wildman–Crippen LogP) is 1.84. The number of hydrogen-bond acceptors (Lipinski definition) is 7. The number of hydrogen-bond donors (Lipinski definition) is 1. The van der Waals surface area contributed by atoms with Crippen LogP contribution in [0.2, 0.25) is 0 Å². The number of ether oxygens (including phenoxy) is 1. The third kappa shape index (κ3) is 3.66. The van der Waals surface area contributed by atoms with Crippen LogP contribution in [0.15, 0.2) is 36.9 Å². The fourth-order valence-electron chi connectivity index (χ4n) is 2.48. The van der Waals surface area contributed by atoms with E-state index in [4.69, 9.17) is 10.5 Å². The zero-order chi connectivity index (χ0) is 18.7. The standard InChI is InChI=1S/C17H17FN6O2/c1-10(12-4-3-5-20-16(12)18)26-15(25)6-14-13(9-23-24(14)2)17-21-7-11(19)8-22-17/h3-5,7-10H,6,19H2,1-2H3/t10-/m1/s1. The maximum atomic E-state index is 13.7. The lowest BCUT2D eigenvalue weighted by atomic mass is 10.1. The van der Waals surface area contributed by atoms with Crippen molar-refractivity contribution in [1.82, 2.24) is 24.7 Å². The van der Waals surface area contributed by atoms with E-state index in [1.54, 1.807) is 30.9 Å². The Bertz CT molecular complexity index is 925. The van der Waals surface area contributed by atoms with Crippen LogP contribution in [0, 0.1) is 5.95 Å². The maximum absolute atomic E-state index is 13.7. The van der Waals surface area contributed by atoms with Crippen LogP contribution in [-0.4, -0.2) is 30.7 Å². The lowest BCUT2D eigenvalue weighted by molar-refractivity contribution is -0.148. The number of rotatable bonds is 5. The van der Waals surface area contributed by atoms with E-state index in [1.807, 2.05) is 0 Å². The molecule has 3 aromatic rings. The quantitative estimate of drug-likeness (QED) is 0.549. The molecule has 0 bridgehead atoms. The van der Waals surface area contributed by atoms with Crippen molar-refractivity contribution in [2.45, 2.75) is 19.4 Å². The summed E-state index contributed by atoms with van der Waals surface area (Å²) in [4.78, 5) is 24.2. The van der Waals surface area contributed by atoms with Gasteiger partial charge in [-0.05, 0) is 19.1 Å². The molecule has 0 saturated carbocycles. The Balaban J connectivity index is 1.77. The minimum absolute atomic E-state index is 0.0637. The van der Waals surface area contributed by atoms with Gasteiger partial charge in [0.25, 0.3) is 0 Å². The molecule has 3 heterocycles. The molecule has 0 radical (unpaired) electrons. The molecule has 2 N–H and O–H groups in total. The largest absolute Gasteiger partial charge is 0.457 e. The Hall–Kier alpha value is -3.36. The number of anilines is 1. The van der Waals surface area contributed by atoms with Crippen molar-refractivity contribution in [2.75, 3.05) is 5.73 Å². The van der Waals surface area contributed by atoms with Crippen LogP contribution in [0.1, 0.15) is 24.3 Å². The van der Waals surface area contributed by atoms with E-state index in [2.05, 4.69) is 20.1 Å². The van der Waals surface area contributed by atoms with Crippen molar-refractivity contribution >= 4 is 11.7 Å². The summed E-state index contributed by atoms with van der Waals surface area (Å²) in [5, 5.41) is 4.15. The van der Waals surface area contributed by atoms with E-state index >= 15 is 0 Å². The molecule has 0 aliphatic heterocycles. The zero-order valence-corrected chi connectivity index (χ0v) is 14.3. The summed E-state index contributed by atoms with van der Waals surface area (Å²) in [5.74, 6) is -0.785. The first-order valence-corrected chi connectivity index (χ1v) is 7.84. The van der Waals surface area contributed by atoms with Crippen LogP contribution in [0.25, 0.3) is 11.4 Å². The SMILES string of the molecule is C[C@@H](OC(=O)Cc1c(-c2ncc(N)cn2)cnn1C)c1cccnc1F. The number of nitrogens with zero attached hydrogens (tertiary/aromatic N) is 5. The van der Waals surface area contributed by atoms with Crippen LogP contribution in [0.5, 0.6) is 0 Å². The van der Waals surface area contributed by atoms with Gasteiger partial charge in [0.15, 0.2) is 5.82 Å². The fourth-order valence-corrected chi connectivity index (χ4v) is 2.48. The summed E-state index contributed by atoms with van der Waals surface area (Å²) in [5.41, 5.74) is 7.43. The first kappa shape index (κ1) is 17.5. The second-order valence-electron chi connectivity index (χ2n) is 5.66. The van der Waals surface area contributed by atoms with E-state index in [1.165, 1.54) is 24.7 Å². The number of aromatic nitrogens is 5. The Morgan fingerprint density at radius 3 is 2.73 bits per heavy atom. The highest BCUT2D eigenvalue weighted by atomic mass is 19.1. The fraction of sp³-hybridized carbons (Fsp3) is 0.235. The minimum atomic E-state index is -0.763. The smallest absolute Gasteiger partial charge is 0.312 e. The van der Waals surface area contributed by atoms with E-state index in [0.29, 0.717) is 22.8 Å². The third-order valence-corrected chi connectivity index (χ3v) is 3.82. The Morgan fingerprint density at radius 1 is 1.31 bits per heavy atom. The second kappa shape index (κ2) is 7.26. The molecule has 26 heavy (non-hydrogen) atoms. The molecule has 0 aromatic carbocycles. The van der Waals surface area contributed by atoms with Crippen LogP contribution in [0.3, 0.4) is 0 Å². The molecule has 0 aliphatic rings. The molecule has 9 heteroatoms. The molecule has 0 unspecified atom stereocenters. The van der Waals surface area contributed by atoms with Crippen LogP contribution in [-0.2, 0) is 23.0 Å². The first-order chi connectivity index (χ1) is 12.5. The van der Waals surface area contributed by atoms with Crippen LogP contribution in [0.4, 0.5) is 10.1 Å². The van der Waals surface area contributed by atoms with Gasteiger partial charge < -0.3 is 10.5 Å². The van der Waals surface area contributed by atoms with Gasteiger partial charge in [-0.15, -0.1) is 0 Å². The average molecular weight is 356 g/mol. The number of nitrogen functional groups attached to an aromatic ring is 1. The molecule has 3 aromatic heterocycles. The van der Waals surface area contributed by atoms with Gasteiger partial charge in [0.1, 0.15) is 6.10 Å². The van der Waals surface area contributed by atoms with Crippen LogP contribution < -0.4 is 5.73 Å². The minimum Gasteiger partial charge on any atom is -0.457 e. The lowest BCUT2D eigenvalue weighted by Crippen LogP contribution is -2.15. The molecule has 1 atom stereocenters. The van der Waals surface area contributed by atoms with Gasteiger partial charge in [0.05, 0.1) is 42.0 Å². The van der Waals surface area contributed by atoms with E-state index in [0.717, 1.165) is 0 Å². The summed E-state index contributed by atoms with van der Waals surface area (Å²) < 4.78 is 20.6. The van der Waals surface area contributed by atoms with Gasteiger partial charge in [-0.1, -0.05) is 0 Å². The Morgan fingerprint density at radius 2 is 2.04 bits per heavy atom. The summed E-state index contributed by atoms with van der Waals surface area (Å²) in [6.45, 7) is 1.59.